The lowest BCUT2D eigenvalue weighted by Gasteiger charge is -2.21. The van der Waals surface area contributed by atoms with Crippen molar-refractivity contribution in [3.8, 4) is 11.3 Å². The highest BCUT2D eigenvalue weighted by Gasteiger charge is 2.14. The lowest BCUT2D eigenvalue weighted by atomic mass is 10.1. The molecule has 4 rings (SSSR count). The second-order valence-corrected chi connectivity index (χ2v) is 9.02. The van der Waals surface area contributed by atoms with E-state index in [1.165, 1.54) is 6.92 Å². The van der Waals surface area contributed by atoms with E-state index in [4.69, 9.17) is 4.79 Å². The lowest BCUT2D eigenvalue weighted by molar-refractivity contribution is -0.106. The average molecular weight is 583 g/mol. The molecule has 3 N–H and O–H groups in total. The molecule has 0 saturated heterocycles. The van der Waals surface area contributed by atoms with E-state index in [1.807, 2.05) is 104 Å². The number of rotatable bonds is 10. The van der Waals surface area contributed by atoms with Gasteiger partial charge >= 0.3 is 6.03 Å². The Bertz CT molecular complexity index is 1390. The van der Waals surface area contributed by atoms with Crippen molar-refractivity contribution in [2.24, 2.45) is 0 Å². The monoisotopic (exact) mass is 582 g/mol. The van der Waals surface area contributed by atoms with Crippen LogP contribution in [0.5, 0.6) is 0 Å². The van der Waals surface area contributed by atoms with Crippen LogP contribution in [-0.2, 0) is 4.79 Å². The van der Waals surface area contributed by atoms with E-state index in [-0.39, 0.29) is 11.9 Å². The predicted octanol–water partition coefficient (Wildman–Crippen LogP) is 8.02. The molecule has 0 saturated carbocycles. The van der Waals surface area contributed by atoms with Crippen LogP contribution >= 0.6 is 0 Å². The molecule has 0 spiro atoms. The van der Waals surface area contributed by atoms with Gasteiger partial charge < -0.3 is 25.6 Å². The van der Waals surface area contributed by atoms with Gasteiger partial charge in [0.05, 0.1) is 5.69 Å². The summed E-state index contributed by atoms with van der Waals surface area (Å²) in [5.41, 5.74) is 4.47. The first-order valence-corrected chi connectivity index (χ1v) is 14.6. The standard InChI is InChI=1S/C30H32N6O2.C2H4O.C2H6/c1-3-20-36(21-4-2)28(37)23-12-16-25(17-13-23)32-29-31-19-18-27(35-29)22-10-14-26(15-11-22)34-30(38)33-24-8-6-5-7-9-24;1-2-3;1-2/h5-19H,3-4,20-21H2,1-2H3,(H,31,32,35)(H2,33,34,38);2H,1H3;1-2H3. The summed E-state index contributed by atoms with van der Waals surface area (Å²) in [6, 6.07) is 25.6. The van der Waals surface area contributed by atoms with Crippen LogP contribution in [0.3, 0.4) is 0 Å². The van der Waals surface area contributed by atoms with E-state index in [0.29, 0.717) is 17.2 Å². The summed E-state index contributed by atoms with van der Waals surface area (Å²) >= 11 is 0. The van der Waals surface area contributed by atoms with Crippen LogP contribution in [0.2, 0.25) is 0 Å². The summed E-state index contributed by atoms with van der Waals surface area (Å²) in [6.45, 7) is 11.1. The third-order valence-electron chi connectivity index (χ3n) is 5.79. The molecular formula is C34H42N6O3. The number of nitrogens with zero attached hydrogens (tertiary/aromatic N) is 3. The molecule has 9 heteroatoms. The largest absolute Gasteiger partial charge is 0.339 e. The highest BCUT2D eigenvalue weighted by Crippen LogP contribution is 2.22. The summed E-state index contributed by atoms with van der Waals surface area (Å²) in [7, 11) is 0. The summed E-state index contributed by atoms with van der Waals surface area (Å²) < 4.78 is 0. The van der Waals surface area contributed by atoms with Gasteiger partial charge in [-0.25, -0.2) is 14.8 Å². The molecule has 3 amide bonds. The number of aromatic nitrogens is 2. The quantitative estimate of drug-likeness (QED) is 0.163. The molecule has 9 nitrogen and oxygen atoms in total. The van der Waals surface area contributed by atoms with Crippen molar-refractivity contribution in [1.29, 1.82) is 0 Å². The molecular weight excluding hydrogens is 540 g/mol. The van der Waals surface area contributed by atoms with Gasteiger partial charge in [0.25, 0.3) is 5.91 Å². The Morgan fingerprint density at radius 2 is 1.30 bits per heavy atom. The zero-order valence-electron chi connectivity index (χ0n) is 25.6. The van der Waals surface area contributed by atoms with Crippen LogP contribution in [0.25, 0.3) is 11.3 Å². The van der Waals surface area contributed by atoms with Crippen molar-refractivity contribution in [3.63, 3.8) is 0 Å². The second kappa shape index (κ2) is 19.1. The van der Waals surface area contributed by atoms with Crippen LogP contribution < -0.4 is 16.0 Å². The molecule has 3 aromatic carbocycles. The van der Waals surface area contributed by atoms with E-state index in [9.17, 15) is 9.59 Å². The molecule has 0 atom stereocenters. The van der Waals surface area contributed by atoms with Gasteiger partial charge in [0, 0.05) is 47.5 Å². The fraction of sp³-hybridized carbons (Fsp3) is 0.265. The highest BCUT2D eigenvalue weighted by molar-refractivity contribution is 5.99. The molecule has 226 valence electrons. The Labute approximate surface area is 254 Å². The van der Waals surface area contributed by atoms with Gasteiger partial charge in [-0.15, -0.1) is 0 Å². The van der Waals surface area contributed by atoms with Crippen molar-refractivity contribution in [2.75, 3.05) is 29.0 Å². The molecule has 0 radical (unpaired) electrons. The molecule has 0 bridgehead atoms. The first kappa shape index (κ1) is 34.2. The minimum atomic E-state index is -0.311. The Morgan fingerprint density at radius 1 is 0.767 bits per heavy atom. The van der Waals surface area contributed by atoms with Crippen LogP contribution in [0.4, 0.5) is 27.8 Å². The van der Waals surface area contributed by atoms with Crippen LogP contribution in [0, 0.1) is 0 Å². The third-order valence-corrected chi connectivity index (χ3v) is 5.79. The Morgan fingerprint density at radius 3 is 1.86 bits per heavy atom. The summed E-state index contributed by atoms with van der Waals surface area (Å²) in [6.07, 6.45) is 4.30. The number of hydrogen-bond donors (Lipinski definition) is 3. The van der Waals surface area contributed by atoms with Gasteiger partial charge in [-0.2, -0.15) is 0 Å². The normalized spacial score (nSPS) is 9.70. The van der Waals surface area contributed by atoms with Crippen molar-refractivity contribution < 1.29 is 14.4 Å². The fourth-order valence-electron chi connectivity index (χ4n) is 3.98. The zero-order valence-corrected chi connectivity index (χ0v) is 25.6. The third kappa shape index (κ3) is 11.4. The van der Waals surface area contributed by atoms with E-state index < -0.39 is 0 Å². The maximum absolute atomic E-state index is 12.8. The number of carbonyl (C=O) groups is 3. The number of urea groups is 1. The first-order valence-electron chi connectivity index (χ1n) is 14.6. The predicted molar refractivity (Wildman–Crippen MR) is 176 cm³/mol. The average Bonchev–Trinajstić information content (AvgIpc) is 3.03. The van der Waals surface area contributed by atoms with Crippen LogP contribution in [0.1, 0.15) is 57.8 Å². The Kier molecular flexibility index (Phi) is 15.2. The number of anilines is 4. The summed E-state index contributed by atoms with van der Waals surface area (Å²) in [5.74, 6) is 0.499. The number of aldehydes is 1. The van der Waals surface area contributed by atoms with Gasteiger partial charge in [0.2, 0.25) is 5.95 Å². The Balaban J connectivity index is 0.00000121. The zero-order chi connectivity index (χ0) is 31.5. The van der Waals surface area contributed by atoms with Crippen molar-refractivity contribution in [1.82, 2.24) is 14.9 Å². The van der Waals surface area contributed by atoms with Crippen molar-refractivity contribution >= 4 is 41.2 Å². The first-order chi connectivity index (χ1) is 21.0. The smallest absolute Gasteiger partial charge is 0.323 e. The molecule has 0 fully saturated rings. The molecule has 1 heterocycles. The molecule has 0 aliphatic heterocycles. The minimum Gasteiger partial charge on any atom is -0.339 e. The molecule has 4 aromatic rings. The number of benzene rings is 3. The summed E-state index contributed by atoms with van der Waals surface area (Å²) in [5, 5.41) is 8.83. The van der Waals surface area contributed by atoms with Crippen molar-refractivity contribution in [3.05, 3.63) is 96.7 Å². The molecule has 0 unspecified atom stereocenters. The highest BCUT2D eigenvalue weighted by atomic mass is 16.2. The van der Waals surface area contributed by atoms with E-state index in [0.717, 1.165) is 54.8 Å². The van der Waals surface area contributed by atoms with Crippen molar-refractivity contribution in [2.45, 2.75) is 47.5 Å². The van der Waals surface area contributed by atoms with Crippen LogP contribution in [0.15, 0.2) is 91.1 Å². The Hall–Kier alpha value is -5.05. The van der Waals surface area contributed by atoms with Gasteiger partial charge in [-0.1, -0.05) is 58.0 Å². The number of hydrogen-bond acceptors (Lipinski definition) is 6. The van der Waals surface area contributed by atoms with Crippen LogP contribution in [-0.4, -0.2) is 46.2 Å². The SMILES string of the molecule is CC.CC=O.CCCN(CCC)C(=O)c1ccc(Nc2nccc(-c3ccc(NC(=O)Nc4ccccc4)cc3)n2)cc1. The molecule has 0 aliphatic rings. The van der Waals surface area contributed by atoms with Gasteiger partial charge in [-0.05, 0) is 74.4 Å². The van der Waals surface area contributed by atoms with Gasteiger partial charge in [0.15, 0.2) is 0 Å². The number of nitrogens with one attached hydrogen (secondary N) is 3. The van der Waals surface area contributed by atoms with Gasteiger partial charge in [-0.3, -0.25) is 4.79 Å². The van der Waals surface area contributed by atoms with Gasteiger partial charge in [0.1, 0.15) is 6.29 Å². The van der Waals surface area contributed by atoms with E-state index in [2.05, 4.69) is 39.8 Å². The lowest BCUT2D eigenvalue weighted by Crippen LogP contribution is -2.32. The number of para-hydroxylation sites is 1. The minimum absolute atomic E-state index is 0.0500. The van der Waals surface area contributed by atoms with E-state index in [1.54, 1.807) is 6.20 Å². The fourth-order valence-corrected chi connectivity index (χ4v) is 3.98. The second-order valence-electron chi connectivity index (χ2n) is 9.02. The maximum Gasteiger partial charge on any atom is 0.323 e. The maximum atomic E-state index is 12.8. The van der Waals surface area contributed by atoms with E-state index >= 15 is 0 Å². The number of carbonyl (C=O) groups excluding carboxylic acids is 3. The molecule has 1 aromatic heterocycles. The summed E-state index contributed by atoms with van der Waals surface area (Å²) in [4.78, 5) is 44.7. The number of amides is 3. The topological polar surface area (TPSA) is 116 Å². The molecule has 43 heavy (non-hydrogen) atoms. The molecule has 0 aliphatic carbocycles.